The summed E-state index contributed by atoms with van der Waals surface area (Å²) in [5, 5.41) is 5.08. The van der Waals surface area contributed by atoms with Crippen LogP contribution in [0.25, 0.3) is 0 Å². The molecule has 0 radical (unpaired) electrons. The number of sulfonamides is 1. The van der Waals surface area contributed by atoms with Crippen LogP contribution < -0.4 is 5.14 Å². The zero-order valence-electron chi connectivity index (χ0n) is 10.4. The van der Waals surface area contributed by atoms with E-state index < -0.39 is 10.0 Å². The third kappa shape index (κ3) is 2.49. The Morgan fingerprint density at radius 3 is 2.39 bits per heavy atom. The van der Waals surface area contributed by atoms with Gasteiger partial charge in [0.05, 0.1) is 5.69 Å². The van der Waals surface area contributed by atoms with Crippen molar-refractivity contribution in [3.8, 4) is 0 Å². The summed E-state index contributed by atoms with van der Waals surface area (Å²) in [5.74, 6) is 0.0628. The second kappa shape index (κ2) is 4.85. The van der Waals surface area contributed by atoms with Gasteiger partial charge >= 0.3 is 0 Å². The minimum Gasteiger partial charge on any atom is -0.331 e. The highest BCUT2D eigenvalue weighted by molar-refractivity contribution is 7.89. The Balaban J connectivity index is 2.29. The SMILES string of the molecule is Cn1c(C(=O)C2CCCCC2)ccc1S(N)(=O)=O. The predicted molar refractivity (Wildman–Crippen MR) is 67.7 cm³/mol. The van der Waals surface area contributed by atoms with Gasteiger partial charge < -0.3 is 4.57 Å². The average Bonchev–Trinajstić information content (AvgIpc) is 2.71. The van der Waals surface area contributed by atoms with Gasteiger partial charge in [0.25, 0.3) is 10.0 Å². The molecule has 1 aliphatic rings. The number of rotatable bonds is 3. The summed E-state index contributed by atoms with van der Waals surface area (Å²) in [5.41, 5.74) is 0.436. The molecule has 0 saturated heterocycles. The van der Waals surface area contributed by atoms with Gasteiger partial charge in [0.15, 0.2) is 10.8 Å². The van der Waals surface area contributed by atoms with Crippen LogP contribution in [0.2, 0.25) is 0 Å². The smallest absolute Gasteiger partial charge is 0.253 e. The van der Waals surface area contributed by atoms with Gasteiger partial charge in [0.1, 0.15) is 0 Å². The van der Waals surface area contributed by atoms with E-state index in [4.69, 9.17) is 5.14 Å². The summed E-state index contributed by atoms with van der Waals surface area (Å²) in [6.07, 6.45) is 5.12. The molecule has 2 N–H and O–H groups in total. The van der Waals surface area contributed by atoms with Gasteiger partial charge in [-0.05, 0) is 25.0 Å². The number of nitrogens with two attached hydrogens (primary N) is 1. The number of hydrogen-bond donors (Lipinski definition) is 1. The molecule has 0 atom stereocenters. The van der Waals surface area contributed by atoms with Crippen LogP contribution in [0.4, 0.5) is 0 Å². The number of ketones is 1. The van der Waals surface area contributed by atoms with E-state index in [-0.39, 0.29) is 16.7 Å². The van der Waals surface area contributed by atoms with E-state index in [1.165, 1.54) is 17.1 Å². The molecule has 18 heavy (non-hydrogen) atoms. The van der Waals surface area contributed by atoms with E-state index in [2.05, 4.69) is 0 Å². The van der Waals surface area contributed by atoms with E-state index in [1.807, 2.05) is 0 Å². The summed E-state index contributed by atoms with van der Waals surface area (Å²) >= 11 is 0. The minimum absolute atomic E-state index is 0.0124. The van der Waals surface area contributed by atoms with Gasteiger partial charge in [-0.3, -0.25) is 4.79 Å². The van der Waals surface area contributed by atoms with Crippen molar-refractivity contribution in [3.63, 3.8) is 0 Å². The molecule has 0 aromatic carbocycles. The molecule has 100 valence electrons. The van der Waals surface area contributed by atoms with Gasteiger partial charge in [-0.15, -0.1) is 0 Å². The third-order valence-electron chi connectivity index (χ3n) is 3.60. The fourth-order valence-corrected chi connectivity index (χ4v) is 3.34. The summed E-state index contributed by atoms with van der Waals surface area (Å²) in [4.78, 5) is 12.3. The largest absolute Gasteiger partial charge is 0.331 e. The first-order chi connectivity index (χ1) is 8.41. The molecule has 1 saturated carbocycles. The normalized spacial score (nSPS) is 17.9. The van der Waals surface area contributed by atoms with Crippen LogP contribution in [-0.4, -0.2) is 18.8 Å². The van der Waals surface area contributed by atoms with Crippen LogP contribution >= 0.6 is 0 Å². The molecule has 0 bridgehead atoms. The Kier molecular flexibility index (Phi) is 3.59. The fourth-order valence-electron chi connectivity index (χ4n) is 2.60. The Morgan fingerprint density at radius 2 is 1.89 bits per heavy atom. The lowest BCUT2D eigenvalue weighted by atomic mass is 9.85. The highest BCUT2D eigenvalue weighted by atomic mass is 32.2. The molecule has 6 heteroatoms. The Hall–Kier alpha value is -1.14. The van der Waals surface area contributed by atoms with Gasteiger partial charge in [0, 0.05) is 13.0 Å². The summed E-state index contributed by atoms with van der Waals surface area (Å²) in [6, 6.07) is 2.95. The third-order valence-corrected chi connectivity index (χ3v) is 4.59. The molecule has 1 aromatic heterocycles. The van der Waals surface area contributed by atoms with E-state index in [0.29, 0.717) is 5.69 Å². The zero-order chi connectivity index (χ0) is 13.3. The van der Waals surface area contributed by atoms with Crippen molar-refractivity contribution in [2.45, 2.75) is 37.1 Å². The van der Waals surface area contributed by atoms with Crippen LogP contribution in [0.3, 0.4) is 0 Å². The molecule has 2 rings (SSSR count). The minimum atomic E-state index is -3.77. The monoisotopic (exact) mass is 270 g/mol. The van der Waals surface area contributed by atoms with Crippen LogP contribution in [0.15, 0.2) is 17.2 Å². The Labute approximate surface area is 107 Å². The molecule has 5 nitrogen and oxygen atoms in total. The maximum absolute atomic E-state index is 12.3. The van der Waals surface area contributed by atoms with Crippen LogP contribution in [0.1, 0.15) is 42.6 Å². The lowest BCUT2D eigenvalue weighted by Gasteiger charge is -2.20. The van der Waals surface area contributed by atoms with Crippen LogP contribution in [0, 0.1) is 5.92 Å². The lowest BCUT2D eigenvalue weighted by molar-refractivity contribution is 0.0880. The number of hydrogen-bond acceptors (Lipinski definition) is 3. The van der Waals surface area contributed by atoms with Crippen molar-refractivity contribution in [1.29, 1.82) is 0 Å². The second-order valence-electron chi connectivity index (χ2n) is 4.86. The van der Waals surface area contributed by atoms with E-state index in [1.54, 1.807) is 13.1 Å². The molecule has 0 spiro atoms. The van der Waals surface area contributed by atoms with Gasteiger partial charge in [-0.1, -0.05) is 19.3 Å². The highest BCUT2D eigenvalue weighted by Crippen LogP contribution is 2.27. The molecule has 0 amide bonds. The van der Waals surface area contributed by atoms with Crippen molar-refractivity contribution in [2.24, 2.45) is 18.1 Å². The standard InChI is InChI=1S/C12H18N2O3S/c1-14-10(7-8-11(14)18(13,16)17)12(15)9-5-3-2-4-6-9/h7-9H,2-6H2,1H3,(H2,13,16,17). The molecular formula is C12H18N2O3S. The van der Waals surface area contributed by atoms with Gasteiger partial charge in [-0.2, -0.15) is 0 Å². The van der Waals surface area contributed by atoms with Crippen LogP contribution in [0.5, 0.6) is 0 Å². The van der Waals surface area contributed by atoms with E-state index in [9.17, 15) is 13.2 Å². The molecule has 1 aliphatic carbocycles. The summed E-state index contributed by atoms with van der Waals surface area (Å²) in [7, 11) is -2.20. The fraction of sp³-hybridized carbons (Fsp3) is 0.583. The average molecular weight is 270 g/mol. The first-order valence-corrected chi connectivity index (χ1v) is 7.68. The lowest BCUT2D eigenvalue weighted by Crippen LogP contribution is -2.22. The number of aromatic nitrogens is 1. The molecule has 0 unspecified atom stereocenters. The number of carbonyl (C=O) groups is 1. The summed E-state index contributed by atoms with van der Waals surface area (Å²) < 4.78 is 24.0. The maximum Gasteiger partial charge on any atom is 0.253 e. The van der Waals surface area contributed by atoms with E-state index in [0.717, 1.165) is 25.7 Å². The van der Waals surface area contributed by atoms with Crippen LogP contribution in [-0.2, 0) is 17.1 Å². The second-order valence-corrected chi connectivity index (χ2v) is 6.37. The molecule has 0 aliphatic heterocycles. The van der Waals surface area contributed by atoms with Crippen molar-refractivity contribution in [1.82, 2.24) is 4.57 Å². The molecule has 1 aromatic rings. The zero-order valence-corrected chi connectivity index (χ0v) is 11.2. The number of Topliss-reactive ketones (excluding diaryl/α,β-unsaturated/α-hetero) is 1. The highest BCUT2D eigenvalue weighted by Gasteiger charge is 2.26. The summed E-state index contributed by atoms with van der Waals surface area (Å²) in [6.45, 7) is 0. The topological polar surface area (TPSA) is 82.2 Å². The number of carbonyl (C=O) groups excluding carboxylic acids is 1. The van der Waals surface area contributed by atoms with Gasteiger partial charge in [-0.25, -0.2) is 13.6 Å². The Bertz CT molecular complexity index is 554. The predicted octanol–water partition coefficient (Wildman–Crippen LogP) is 1.44. The van der Waals surface area contributed by atoms with Crippen molar-refractivity contribution in [3.05, 3.63) is 17.8 Å². The quantitative estimate of drug-likeness (QED) is 0.844. The first-order valence-electron chi connectivity index (χ1n) is 6.14. The Morgan fingerprint density at radius 1 is 1.28 bits per heavy atom. The van der Waals surface area contributed by atoms with Crippen molar-refractivity contribution >= 4 is 15.8 Å². The molecular weight excluding hydrogens is 252 g/mol. The number of nitrogens with zero attached hydrogens (tertiary/aromatic N) is 1. The number of primary sulfonamides is 1. The maximum atomic E-state index is 12.3. The van der Waals surface area contributed by atoms with Crippen molar-refractivity contribution < 1.29 is 13.2 Å². The van der Waals surface area contributed by atoms with Gasteiger partial charge in [0.2, 0.25) is 0 Å². The molecule has 1 fully saturated rings. The van der Waals surface area contributed by atoms with E-state index >= 15 is 0 Å². The molecule has 1 heterocycles. The van der Waals surface area contributed by atoms with Crippen molar-refractivity contribution in [2.75, 3.05) is 0 Å². The first kappa shape index (κ1) is 13.3.